The lowest BCUT2D eigenvalue weighted by atomic mass is 10.1. The zero-order valence-corrected chi connectivity index (χ0v) is 16.5. The summed E-state index contributed by atoms with van der Waals surface area (Å²) in [6.07, 6.45) is 1.54. The highest BCUT2D eigenvalue weighted by molar-refractivity contribution is 9.10. The zero-order valence-electron chi connectivity index (χ0n) is 14.1. The van der Waals surface area contributed by atoms with Crippen LogP contribution in [0.4, 0.5) is 5.69 Å². The fourth-order valence-corrected chi connectivity index (χ4v) is 3.39. The summed E-state index contributed by atoms with van der Waals surface area (Å²) < 4.78 is 2.97. The van der Waals surface area contributed by atoms with Crippen molar-refractivity contribution in [1.29, 1.82) is 0 Å². The molecule has 7 heteroatoms. The van der Waals surface area contributed by atoms with Crippen molar-refractivity contribution < 1.29 is 0 Å². The average molecular weight is 417 g/mol. The molecule has 0 radical (unpaired) electrons. The van der Waals surface area contributed by atoms with E-state index in [1.54, 1.807) is 0 Å². The third kappa shape index (κ3) is 3.57. The summed E-state index contributed by atoms with van der Waals surface area (Å²) >= 11 is 8.90. The van der Waals surface area contributed by atoms with Crippen molar-refractivity contribution in [2.24, 2.45) is 0 Å². The quantitative estimate of drug-likeness (QED) is 0.653. The first-order chi connectivity index (χ1) is 11.9. The van der Waals surface area contributed by atoms with Gasteiger partial charge in [-0.15, -0.1) is 0 Å². The third-order valence-corrected chi connectivity index (χ3v) is 4.58. The van der Waals surface area contributed by atoms with E-state index in [-0.39, 0.29) is 5.56 Å². The van der Waals surface area contributed by atoms with Gasteiger partial charge in [0.2, 0.25) is 0 Å². The van der Waals surface area contributed by atoms with Crippen LogP contribution in [0.1, 0.15) is 5.69 Å². The predicted octanol–water partition coefficient (Wildman–Crippen LogP) is 4.09. The van der Waals surface area contributed by atoms with E-state index in [0.29, 0.717) is 10.3 Å². The van der Waals surface area contributed by atoms with Crippen molar-refractivity contribution in [2.75, 3.05) is 19.0 Å². The number of benzene rings is 1. The van der Waals surface area contributed by atoms with Crippen molar-refractivity contribution in [2.45, 2.75) is 6.92 Å². The molecule has 5 nitrogen and oxygen atoms in total. The van der Waals surface area contributed by atoms with Crippen molar-refractivity contribution in [3.8, 4) is 16.9 Å². The highest BCUT2D eigenvalue weighted by Crippen LogP contribution is 2.29. The van der Waals surface area contributed by atoms with E-state index in [0.717, 1.165) is 27.1 Å². The van der Waals surface area contributed by atoms with Gasteiger partial charge in [-0.05, 0) is 31.2 Å². The van der Waals surface area contributed by atoms with Gasteiger partial charge < -0.3 is 9.88 Å². The molecule has 3 rings (SSSR count). The Bertz CT molecular complexity index is 1060. The Morgan fingerprint density at radius 1 is 1.24 bits per heavy atom. The molecule has 0 unspecified atom stereocenters. The number of aromatic amines is 1. The van der Waals surface area contributed by atoms with E-state index >= 15 is 0 Å². The number of nitrogens with zero attached hydrogens (tertiary/aromatic N) is 3. The van der Waals surface area contributed by atoms with Crippen LogP contribution in [-0.2, 0) is 0 Å². The number of halogens is 1. The Morgan fingerprint density at radius 2 is 2.00 bits per heavy atom. The Labute approximate surface area is 159 Å². The molecule has 1 aromatic carbocycles. The van der Waals surface area contributed by atoms with Crippen LogP contribution in [0, 0.1) is 11.6 Å². The van der Waals surface area contributed by atoms with Gasteiger partial charge in [-0.2, -0.15) is 0 Å². The summed E-state index contributed by atoms with van der Waals surface area (Å²) in [5.41, 5.74) is 3.78. The van der Waals surface area contributed by atoms with Crippen molar-refractivity contribution in [3.63, 3.8) is 0 Å². The molecule has 0 amide bonds. The first-order valence-corrected chi connectivity index (χ1v) is 8.83. The third-order valence-electron chi connectivity index (χ3n) is 3.78. The van der Waals surface area contributed by atoms with Crippen molar-refractivity contribution >= 4 is 33.8 Å². The number of nitrogens with one attached hydrogen (secondary N) is 1. The van der Waals surface area contributed by atoms with Gasteiger partial charge in [-0.3, -0.25) is 9.36 Å². The van der Waals surface area contributed by atoms with Gasteiger partial charge in [0.05, 0.1) is 22.6 Å². The van der Waals surface area contributed by atoms with Crippen LogP contribution >= 0.6 is 28.1 Å². The second kappa shape index (κ2) is 6.93. The molecule has 0 spiro atoms. The molecule has 0 fully saturated rings. The Morgan fingerprint density at radius 3 is 2.64 bits per heavy atom. The molecule has 0 aliphatic rings. The lowest BCUT2D eigenvalue weighted by molar-refractivity contribution is 0.936. The minimum Gasteiger partial charge on any atom is -0.377 e. The fourth-order valence-electron chi connectivity index (χ4n) is 2.63. The first-order valence-electron chi connectivity index (χ1n) is 7.63. The lowest BCUT2D eigenvalue weighted by Crippen LogP contribution is -2.19. The van der Waals surface area contributed by atoms with Crippen LogP contribution in [0.2, 0.25) is 0 Å². The fraction of sp³-hybridized carbons (Fsp3) is 0.167. The Kier molecular flexibility index (Phi) is 4.87. The smallest absolute Gasteiger partial charge is 0.258 e. The number of hydrogen-bond donors (Lipinski definition) is 1. The maximum absolute atomic E-state index is 12.6. The first kappa shape index (κ1) is 17.6. The van der Waals surface area contributed by atoms with Gasteiger partial charge in [0, 0.05) is 30.3 Å². The van der Waals surface area contributed by atoms with Gasteiger partial charge in [-0.25, -0.2) is 4.98 Å². The van der Waals surface area contributed by atoms with Crippen LogP contribution in [-0.4, -0.2) is 28.6 Å². The molecule has 0 saturated heterocycles. The van der Waals surface area contributed by atoms with E-state index in [2.05, 4.69) is 25.9 Å². The molecule has 0 saturated carbocycles. The number of H-pyrrole nitrogens is 1. The van der Waals surface area contributed by atoms with Gasteiger partial charge in [0.25, 0.3) is 5.56 Å². The molecule has 2 aromatic heterocycles. The molecule has 2 heterocycles. The summed E-state index contributed by atoms with van der Waals surface area (Å²) in [6.45, 7) is 1.95. The van der Waals surface area contributed by atoms with Crippen LogP contribution < -0.4 is 10.5 Å². The highest BCUT2D eigenvalue weighted by atomic mass is 79.9. The van der Waals surface area contributed by atoms with E-state index < -0.39 is 0 Å². The Hall–Kier alpha value is -2.25. The number of rotatable bonds is 3. The van der Waals surface area contributed by atoms with E-state index in [9.17, 15) is 4.79 Å². The summed E-state index contributed by atoms with van der Waals surface area (Å²) in [5.74, 6) is 0. The molecular weight excluding hydrogens is 400 g/mol. The topological polar surface area (TPSA) is 53.9 Å². The van der Waals surface area contributed by atoms with Crippen LogP contribution in [0.25, 0.3) is 16.9 Å². The summed E-state index contributed by atoms with van der Waals surface area (Å²) in [6, 6.07) is 11.0. The normalized spacial score (nSPS) is 10.7. The van der Waals surface area contributed by atoms with Crippen LogP contribution in [0.15, 0.2) is 52.0 Å². The molecule has 25 heavy (non-hydrogen) atoms. The molecule has 0 aliphatic heterocycles. The highest BCUT2D eigenvalue weighted by Gasteiger charge is 2.13. The summed E-state index contributed by atoms with van der Waals surface area (Å²) in [4.78, 5) is 22.2. The second-order valence-corrected chi connectivity index (χ2v) is 7.22. The van der Waals surface area contributed by atoms with Crippen molar-refractivity contribution in [1.82, 2.24) is 14.5 Å². The van der Waals surface area contributed by atoms with E-state index in [4.69, 9.17) is 12.2 Å². The largest absolute Gasteiger partial charge is 0.377 e. The van der Waals surface area contributed by atoms with Crippen molar-refractivity contribution in [3.05, 3.63) is 67.9 Å². The van der Waals surface area contributed by atoms with Crippen LogP contribution in [0.5, 0.6) is 0 Å². The molecular formula is C18H17BrN4OS. The number of hydrogen-bond acceptors (Lipinski definition) is 4. The lowest BCUT2D eigenvalue weighted by Gasteiger charge is -2.18. The minimum absolute atomic E-state index is 0.164. The molecule has 128 valence electrons. The summed E-state index contributed by atoms with van der Waals surface area (Å²) in [7, 11) is 3.88. The number of aryl methyl sites for hydroxylation is 1. The number of anilines is 1. The maximum Gasteiger partial charge on any atom is 0.258 e. The molecule has 0 bridgehead atoms. The maximum atomic E-state index is 12.6. The van der Waals surface area contributed by atoms with E-state index in [1.165, 1.54) is 17.0 Å². The van der Waals surface area contributed by atoms with Gasteiger partial charge in [-0.1, -0.05) is 34.2 Å². The van der Waals surface area contributed by atoms with E-state index in [1.807, 2.05) is 56.3 Å². The molecule has 0 aliphatic carbocycles. The minimum atomic E-state index is -0.164. The van der Waals surface area contributed by atoms with Gasteiger partial charge >= 0.3 is 0 Å². The number of pyridine rings is 1. The van der Waals surface area contributed by atoms with Gasteiger partial charge in [0.15, 0.2) is 0 Å². The Balaban J connectivity index is 2.17. The molecule has 3 aromatic rings. The molecule has 1 N–H and O–H groups in total. The SMILES string of the molecule is Cc1cc(N(C)C)c(-c2cc(=O)n(-c3cccc(Br)c3)cn2)c(=S)[nH]1. The summed E-state index contributed by atoms with van der Waals surface area (Å²) in [5, 5.41) is 0. The zero-order chi connectivity index (χ0) is 18.1. The predicted molar refractivity (Wildman–Crippen MR) is 107 cm³/mol. The average Bonchev–Trinajstić information content (AvgIpc) is 2.54. The monoisotopic (exact) mass is 416 g/mol. The molecule has 0 atom stereocenters. The van der Waals surface area contributed by atoms with Gasteiger partial charge in [0.1, 0.15) is 11.0 Å². The van der Waals surface area contributed by atoms with Crippen LogP contribution in [0.3, 0.4) is 0 Å². The number of aromatic nitrogens is 3. The standard InChI is InChI=1S/C18H17BrN4OS/c1-11-7-15(22(2)3)17(18(25)21-11)14-9-16(24)23(10-20-14)13-6-4-5-12(19)8-13/h4-10H,1-3H3,(H,21,25). The second-order valence-electron chi connectivity index (χ2n) is 5.90.